The molecule has 0 spiro atoms. The van der Waals surface area contributed by atoms with Crippen molar-refractivity contribution in [3.8, 4) is 0 Å². The van der Waals surface area contributed by atoms with Crippen LogP contribution in [0.1, 0.15) is 20.8 Å². The summed E-state index contributed by atoms with van der Waals surface area (Å²) in [6, 6.07) is 0. The van der Waals surface area contributed by atoms with Crippen LogP contribution in [-0.4, -0.2) is 12.2 Å². The molecule has 0 aromatic carbocycles. The first-order chi connectivity index (χ1) is 4.56. The summed E-state index contributed by atoms with van der Waals surface area (Å²) in [7, 11) is 0. The summed E-state index contributed by atoms with van der Waals surface area (Å²) in [5.74, 6) is 0. The van der Waals surface area contributed by atoms with E-state index in [0.717, 1.165) is 0 Å². The molecule has 0 amide bonds. The molecule has 0 rings (SSSR count). The average molecular weight is 161 g/mol. The summed E-state index contributed by atoms with van der Waals surface area (Å²) in [6.45, 7) is 6.58. The number of ether oxygens (including phenoxy) is 1. The van der Waals surface area contributed by atoms with E-state index in [0.29, 0.717) is 6.61 Å². The van der Waals surface area contributed by atoms with Crippen molar-refractivity contribution >= 4 is 11.6 Å². The maximum absolute atomic E-state index is 5.33. The lowest BCUT2D eigenvalue weighted by Gasteiger charge is -2.17. The molecule has 1 nitrogen and oxygen atoms in total. The van der Waals surface area contributed by atoms with Crippen molar-refractivity contribution in [1.29, 1.82) is 0 Å². The molecule has 0 bridgehead atoms. The van der Waals surface area contributed by atoms with Gasteiger partial charge in [0.05, 0.1) is 12.2 Å². The van der Waals surface area contributed by atoms with Gasteiger partial charge in [-0.25, -0.2) is 0 Å². The van der Waals surface area contributed by atoms with Gasteiger partial charge in [-0.3, -0.25) is 0 Å². The quantitative estimate of drug-likeness (QED) is 0.565. The molecule has 0 aliphatic carbocycles. The first-order valence-electron chi connectivity index (χ1n) is 3.20. The number of hydrogen-bond donors (Lipinski definition) is 0. The van der Waals surface area contributed by atoms with Crippen molar-refractivity contribution in [3.05, 3.63) is 17.3 Å². The molecule has 0 radical (unpaired) electrons. The van der Waals surface area contributed by atoms with Gasteiger partial charge in [-0.15, -0.1) is 5.73 Å². The zero-order valence-electron chi connectivity index (χ0n) is 6.65. The molecule has 0 aromatic rings. The summed E-state index contributed by atoms with van der Waals surface area (Å²) in [5.41, 5.74) is 3.97. The first-order valence-corrected chi connectivity index (χ1v) is 3.63. The van der Waals surface area contributed by atoms with Gasteiger partial charge in [-0.05, 0) is 26.8 Å². The van der Waals surface area contributed by atoms with Gasteiger partial charge in [0.1, 0.15) is 0 Å². The lowest BCUT2D eigenvalue weighted by atomic mass is 10.2. The Bertz CT molecular complexity index is 138. The molecule has 0 saturated carbocycles. The lowest BCUT2D eigenvalue weighted by Crippen LogP contribution is -2.18. The van der Waals surface area contributed by atoms with E-state index < -0.39 is 0 Å². The first kappa shape index (κ1) is 9.77. The standard InChI is InChI=1S/C8H13ClO/c1-8(2,3)10-7-5-4-6-9/h5-6H,7H2,1-3H3. The Kier molecular flexibility index (Phi) is 4.46. The van der Waals surface area contributed by atoms with E-state index in [-0.39, 0.29) is 5.60 Å². The number of rotatable bonds is 2. The van der Waals surface area contributed by atoms with Crippen LogP contribution < -0.4 is 0 Å². The number of halogens is 1. The minimum absolute atomic E-state index is 0.0789. The van der Waals surface area contributed by atoms with Crippen molar-refractivity contribution in [2.75, 3.05) is 6.61 Å². The van der Waals surface area contributed by atoms with Crippen molar-refractivity contribution in [2.45, 2.75) is 26.4 Å². The highest BCUT2D eigenvalue weighted by molar-refractivity contribution is 6.25. The highest BCUT2D eigenvalue weighted by atomic mass is 35.5. The summed E-state index contributed by atoms with van der Waals surface area (Å²) in [6.07, 6.45) is 1.75. The Balaban J connectivity index is 3.47. The molecule has 58 valence electrons. The van der Waals surface area contributed by atoms with E-state index in [1.165, 1.54) is 5.54 Å². The van der Waals surface area contributed by atoms with Crippen LogP contribution in [0.15, 0.2) is 17.3 Å². The van der Waals surface area contributed by atoms with Gasteiger partial charge < -0.3 is 4.74 Å². The van der Waals surface area contributed by atoms with E-state index in [9.17, 15) is 0 Å². The second kappa shape index (κ2) is 4.56. The van der Waals surface area contributed by atoms with E-state index in [1.807, 2.05) is 20.8 Å². The molecule has 0 aromatic heterocycles. The molecule has 2 heteroatoms. The third-order valence-electron chi connectivity index (χ3n) is 0.781. The Morgan fingerprint density at radius 1 is 1.50 bits per heavy atom. The van der Waals surface area contributed by atoms with Crippen LogP contribution in [0.5, 0.6) is 0 Å². The Labute approximate surface area is 67.3 Å². The van der Waals surface area contributed by atoms with Crippen LogP contribution in [0.25, 0.3) is 0 Å². The second-order valence-corrected chi connectivity index (χ2v) is 3.12. The second-order valence-electron chi connectivity index (χ2n) is 2.90. The zero-order chi connectivity index (χ0) is 8.04. The SMILES string of the molecule is CC(C)(C)OCC=C=CCl. The monoisotopic (exact) mass is 160 g/mol. The van der Waals surface area contributed by atoms with Crippen molar-refractivity contribution < 1.29 is 4.74 Å². The van der Waals surface area contributed by atoms with Gasteiger partial charge >= 0.3 is 0 Å². The molecule has 0 heterocycles. The fourth-order valence-corrected chi connectivity index (χ4v) is 0.473. The predicted molar refractivity (Wildman–Crippen MR) is 44.2 cm³/mol. The van der Waals surface area contributed by atoms with E-state index in [2.05, 4.69) is 5.73 Å². The fourth-order valence-electron chi connectivity index (χ4n) is 0.384. The third-order valence-corrected chi connectivity index (χ3v) is 0.907. The Hall–Kier alpha value is -0.230. The summed E-state index contributed by atoms with van der Waals surface area (Å²) in [4.78, 5) is 0. The molecule has 0 atom stereocenters. The maximum atomic E-state index is 5.33. The van der Waals surface area contributed by atoms with E-state index >= 15 is 0 Å². The molecule has 0 N–H and O–H groups in total. The molecular formula is C8H13ClO. The highest BCUT2D eigenvalue weighted by Gasteiger charge is 2.07. The van der Waals surface area contributed by atoms with Gasteiger partial charge in [0.15, 0.2) is 0 Å². The molecule has 0 unspecified atom stereocenters. The normalized spacial score (nSPS) is 10.4. The topological polar surface area (TPSA) is 9.23 Å². The molecular weight excluding hydrogens is 148 g/mol. The summed E-state index contributed by atoms with van der Waals surface area (Å²) < 4.78 is 5.33. The van der Waals surface area contributed by atoms with E-state index in [4.69, 9.17) is 16.3 Å². The van der Waals surface area contributed by atoms with Crippen molar-refractivity contribution in [3.63, 3.8) is 0 Å². The zero-order valence-corrected chi connectivity index (χ0v) is 7.40. The van der Waals surface area contributed by atoms with Gasteiger partial charge in [0, 0.05) is 5.54 Å². The summed E-state index contributed by atoms with van der Waals surface area (Å²) in [5, 5.41) is 0. The minimum Gasteiger partial charge on any atom is -0.371 e. The molecule has 0 saturated heterocycles. The van der Waals surface area contributed by atoms with E-state index in [1.54, 1.807) is 6.08 Å². The highest BCUT2D eigenvalue weighted by Crippen LogP contribution is 2.05. The van der Waals surface area contributed by atoms with Gasteiger partial charge in [0.25, 0.3) is 0 Å². The predicted octanol–water partition coefficient (Wildman–Crippen LogP) is 2.71. The lowest BCUT2D eigenvalue weighted by molar-refractivity contribution is 0.0150. The smallest absolute Gasteiger partial charge is 0.0728 e. The van der Waals surface area contributed by atoms with Gasteiger partial charge in [-0.2, -0.15) is 0 Å². The molecule has 0 aliphatic rings. The number of hydrogen-bond acceptors (Lipinski definition) is 1. The Morgan fingerprint density at radius 2 is 2.10 bits per heavy atom. The van der Waals surface area contributed by atoms with Crippen molar-refractivity contribution in [1.82, 2.24) is 0 Å². The average Bonchev–Trinajstić information content (AvgIpc) is 1.78. The summed E-state index contributed by atoms with van der Waals surface area (Å²) >= 11 is 5.23. The van der Waals surface area contributed by atoms with Crippen LogP contribution in [0, 0.1) is 0 Å². The van der Waals surface area contributed by atoms with Gasteiger partial charge in [0.2, 0.25) is 0 Å². The molecule has 10 heavy (non-hydrogen) atoms. The minimum atomic E-state index is -0.0789. The van der Waals surface area contributed by atoms with Crippen LogP contribution in [0.2, 0.25) is 0 Å². The Morgan fingerprint density at radius 3 is 2.50 bits per heavy atom. The largest absolute Gasteiger partial charge is 0.371 e. The van der Waals surface area contributed by atoms with Crippen LogP contribution in [-0.2, 0) is 4.74 Å². The third kappa shape index (κ3) is 7.77. The molecule has 0 fully saturated rings. The van der Waals surface area contributed by atoms with Crippen LogP contribution >= 0.6 is 11.6 Å². The van der Waals surface area contributed by atoms with Crippen molar-refractivity contribution in [2.24, 2.45) is 0 Å². The van der Waals surface area contributed by atoms with Gasteiger partial charge in [-0.1, -0.05) is 11.6 Å². The van der Waals surface area contributed by atoms with Crippen LogP contribution in [0.3, 0.4) is 0 Å². The van der Waals surface area contributed by atoms with Crippen LogP contribution in [0.4, 0.5) is 0 Å². The maximum Gasteiger partial charge on any atom is 0.0728 e. The molecule has 0 aliphatic heterocycles. The fraction of sp³-hybridized carbons (Fsp3) is 0.625.